The van der Waals surface area contributed by atoms with Crippen molar-refractivity contribution in [1.82, 2.24) is 0 Å². The molecule has 0 aliphatic heterocycles. The number of hydrogen-bond acceptors (Lipinski definition) is 4. The molecule has 7 heteroatoms. The van der Waals surface area contributed by atoms with Crippen molar-refractivity contribution >= 4 is 15.7 Å². The molecule has 0 radical (unpaired) electrons. The van der Waals surface area contributed by atoms with Gasteiger partial charge in [-0.1, -0.05) is 25.1 Å². The maximum absolute atomic E-state index is 13.7. The third-order valence-electron chi connectivity index (χ3n) is 3.45. The molecule has 5 nitrogen and oxygen atoms in total. The molecule has 1 atom stereocenters. The number of nitrogens with zero attached hydrogens (tertiary/aromatic N) is 1. The summed E-state index contributed by atoms with van der Waals surface area (Å²) in [5.74, 6) is -0.606. The molecule has 23 heavy (non-hydrogen) atoms. The molecule has 0 heterocycles. The lowest BCUT2D eigenvalue weighted by Crippen LogP contribution is -2.15. The zero-order chi connectivity index (χ0) is 17.0. The van der Waals surface area contributed by atoms with Crippen LogP contribution in [0.1, 0.15) is 30.5 Å². The number of benzene rings is 2. The van der Waals surface area contributed by atoms with E-state index in [1.165, 1.54) is 24.3 Å². The Hall–Kier alpha value is -2.43. The first-order chi connectivity index (χ1) is 10.9. The van der Waals surface area contributed by atoms with Crippen LogP contribution in [0.15, 0.2) is 47.4 Å². The van der Waals surface area contributed by atoms with Gasteiger partial charge in [-0.15, -0.1) is 0 Å². The van der Waals surface area contributed by atoms with Gasteiger partial charge in [-0.25, -0.2) is 17.9 Å². The minimum Gasteiger partial charge on any atom is -0.377 e. The van der Waals surface area contributed by atoms with Crippen LogP contribution >= 0.6 is 0 Å². The first kappa shape index (κ1) is 16.9. The molecule has 0 amide bonds. The summed E-state index contributed by atoms with van der Waals surface area (Å²) < 4.78 is 36.6. The Morgan fingerprint density at radius 1 is 1.30 bits per heavy atom. The number of nitrogens with two attached hydrogens (primary N) is 1. The number of primary sulfonamides is 1. The van der Waals surface area contributed by atoms with Crippen LogP contribution in [-0.4, -0.2) is 8.42 Å². The summed E-state index contributed by atoms with van der Waals surface area (Å²) in [5, 5.41) is 17.3. The third kappa shape index (κ3) is 3.86. The predicted octanol–water partition coefficient (Wildman–Crippen LogP) is 2.91. The molecule has 0 aliphatic carbocycles. The van der Waals surface area contributed by atoms with Crippen LogP contribution in [0.5, 0.6) is 0 Å². The van der Waals surface area contributed by atoms with Crippen molar-refractivity contribution in [1.29, 1.82) is 5.26 Å². The van der Waals surface area contributed by atoms with Gasteiger partial charge in [-0.2, -0.15) is 5.26 Å². The predicted molar refractivity (Wildman–Crippen MR) is 85.6 cm³/mol. The largest absolute Gasteiger partial charge is 0.377 e. The van der Waals surface area contributed by atoms with E-state index >= 15 is 0 Å². The SMILES string of the molecule is CCC(Nc1cccc(F)c1C#N)c1cccc(S(N)(=O)=O)c1. The van der Waals surface area contributed by atoms with Gasteiger partial charge < -0.3 is 5.32 Å². The molecular formula is C16H16FN3O2S. The molecule has 0 aromatic heterocycles. The molecule has 2 aromatic rings. The highest BCUT2D eigenvalue weighted by Crippen LogP contribution is 2.27. The zero-order valence-corrected chi connectivity index (χ0v) is 13.3. The standard InChI is InChI=1S/C16H16FN3O2S/c1-2-15(11-5-3-6-12(9-11)23(19,21)22)20-16-8-4-7-14(17)13(16)10-18/h3-9,15,20H,2H2,1H3,(H2,19,21,22). The highest BCUT2D eigenvalue weighted by atomic mass is 32.2. The maximum Gasteiger partial charge on any atom is 0.238 e. The van der Waals surface area contributed by atoms with E-state index < -0.39 is 15.8 Å². The lowest BCUT2D eigenvalue weighted by atomic mass is 10.0. The quantitative estimate of drug-likeness (QED) is 0.879. The van der Waals surface area contributed by atoms with Crippen LogP contribution in [0.25, 0.3) is 0 Å². The monoisotopic (exact) mass is 333 g/mol. The van der Waals surface area contributed by atoms with Gasteiger partial charge in [0.05, 0.1) is 16.6 Å². The summed E-state index contributed by atoms with van der Waals surface area (Å²) in [4.78, 5) is 0.00926. The first-order valence-electron chi connectivity index (χ1n) is 6.94. The first-order valence-corrected chi connectivity index (χ1v) is 8.49. The van der Waals surface area contributed by atoms with Crippen molar-refractivity contribution in [2.24, 2.45) is 5.14 Å². The van der Waals surface area contributed by atoms with Gasteiger partial charge in [-0.05, 0) is 36.2 Å². The van der Waals surface area contributed by atoms with Gasteiger partial charge in [0.25, 0.3) is 0 Å². The van der Waals surface area contributed by atoms with Crippen molar-refractivity contribution in [2.45, 2.75) is 24.3 Å². The smallest absolute Gasteiger partial charge is 0.238 e. The lowest BCUT2D eigenvalue weighted by molar-refractivity contribution is 0.597. The van der Waals surface area contributed by atoms with Crippen molar-refractivity contribution in [3.8, 4) is 6.07 Å². The Bertz CT molecular complexity index is 860. The van der Waals surface area contributed by atoms with Crippen LogP contribution in [0.2, 0.25) is 0 Å². The number of nitriles is 1. The van der Waals surface area contributed by atoms with Crippen LogP contribution in [-0.2, 0) is 10.0 Å². The minimum atomic E-state index is -3.80. The molecule has 0 saturated heterocycles. The van der Waals surface area contributed by atoms with Crippen LogP contribution in [0, 0.1) is 17.1 Å². The van der Waals surface area contributed by atoms with Gasteiger partial charge in [-0.3, -0.25) is 0 Å². The average molecular weight is 333 g/mol. The van der Waals surface area contributed by atoms with E-state index in [0.29, 0.717) is 17.7 Å². The molecule has 0 fully saturated rings. The van der Waals surface area contributed by atoms with Crippen molar-refractivity contribution in [3.05, 3.63) is 59.4 Å². The van der Waals surface area contributed by atoms with E-state index in [9.17, 15) is 12.8 Å². The summed E-state index contributed by atoms with van der Waals surface area (Å²) in [6.45, 7) is 1.90. The molecule has 2 aromatic carbocycles. The molecule has 0 spiro atoms. The Morgan fingerprint density at radius 3 is 2.61 bits per heavy atom. The van der Waals surface area contributed by atoms with Crippen LogP contribution in [0.3, 0.4) is 0 Å². The number of hydrogen-bond donors (Lipinski definition) is 2. The van der Waals surface area contributed by atoms with Gasteiger partial charge in [0, 0.05) is 0 Å². The molecule has 120 valence electrons. The minimum absolute atomic E-state index is 0.00926. The molecule has 3 N–H and O–H groups in total. The highest BCUT2D eigenvalue weighted by Gasteiger charge is 2.16. The Balaban J connectivity index is 2.39. The van der Waals surface area contributed by atoms with Gasteiger partial charge >= 0.3 is 0 Å². The molecular weight excluding hydrogens is 317 g/mol. The third-order valence-corrected chi connectivity index (χ3v) is 4.36. The Kier molecular flexibility index (Phi) is 4.98. The summed E-state index contributed by atoms with van der Waals surface area (Å²) in [5.41, 5.74) is 0.973. The molecule has 0 bridgehead atoms. The number of halogens is 1. The number of sulfonamides is 1. The number of rotatable bonds is 5. The van der Waals surface area contributed by atoms with Gasteiger partial charge in [0.2, 0.25) is 10.0 Å². The van der Waals surface area contributed by atoms with E-state index in [1.807, 2.05) is 13.0 Å². The van der Waals surface area contributed by atoms with Gasteiger partial charge in [0.1, 0.15) is 17.4 Å². The lowest BCUT2D eigenvalue weighted by Gasteiger charge is -2.20. The average Bonchev–Trinajstić information content (AvgIpc) is 2.52. The van der Waals surface area contributed by atoms with Crippen molar-refractivity contribution < 1.29 is 12.8 Å². The van der Waals surface area contributed by atoms with E-state index in [1.54, 1.807) is 18.2 Å². The summed E-state index contributed by atoms with van der Waals surface area (Å²) in [7, 11) is -3.80. The Labute approximate surface area is 134 Å². The van der Waals surface area contributed by atoms with E-state index in [0.717, 1.165) is 0 Å². The number of anilines is 1. The van der Waals surface area contributed by atoms with E-state index in [-0.39, 0.29) is 16.5 Å². The highest BCUT2D eigenvalue weighted by molar-refractivity contribution is 7.89. The van der Waals surface area contributed by atoms with Gasteiger partial charge in [0.15, 0.2) is 0 Å². The van der Waals surface area contributed by atoms with E-state index in [2.05, 4.69) is 5.32 Å². The van der Waals surface area contributed by atoms with Crippen molar-refractivity contribution in [2.75, 3.05) is 5.32 Å². The molecule has 0 aliphatic rings. The molecule has 1 unspecified atom stereocenters. The fourth-order valence-electron chi connectivity index (χ4n) is 2.28. The topological polar surface area (TPSA) is 96.0 Å². The second-order valence-corrected chi connectivity index (χ2v) is 6.56. The second-order valence-electron chi connectivity index (χ2n) is 5.00. The van der Waals surface area contributed by atoms with Crippen molar-refractivity contribution in [3.63, 3.8) is 0 Å². The molecule has 2 rings (SSSR count). The summed E-state index contributed by atoms with van der Waals surface area (Å²) in [6.07, 6.45) is 0.607. The maximum atomic E-state index is 13.7. The van der Waals surface area contributed by atoms with Crippen LogP contribution < -0.4 is 10.5 Å². The number of nitrogens with one attached hydrogen (secondary N) is 1. The summed E-state index contributed by atoms with van der Waals surface area (Å²) >= 11 is 0. The summed E-state index contributed by atoms with van der Waals surface area (Å²) in [6, 6.07) is 12.1. The normalized spacial score (nSPS) is 12.4. The van der Waals surface area contributed by atoms with Crippen LogP contribution in [0.4, 0.5) is 10.1 Å². The Morgan fingerprint density at radius 2 is 2.00 bits per heavy atom. The molecule has 0 saturated carbocycles. The second kappa shape index (κ2) is 6.77. The fourth-order valence-corrected chi connectivity index (χ4v) is 2.84. The fraction of sp³-hybridized carbons (Fsp3) is 0.188. The van der Waals surface area contributed by atoms with E-state index in [4.69, 9.17) is 10.4 Å². The zero-order valence-electron chi connectivity index (χ0n) is 12.5.